The topological polar surface area (TPSA) is 32.7 Å². The lowest BCUT2D eigenvalue weighted by Gasteiger charge is -2.37. The zero-order chi connectivity index (χ0) is 9.54. The third kappa shape index (κ3) is 0.960. The van der Waals surface area contributed by atoms with Crippen molar-refractivity contribution in [3.05, 3.63) is 29.8 Å². The van der Waals surface area contributed by atoms with Gasteiger partial charge in [-0.1, -0.05) is 18.2 Å². The summed E-state index contributed by atoms with van der Waals surface area (Å²) in [6, 6.07) is 5.94. The lowest BCUT2D eigenvalue weighted by Crippen LogP contribution is -2.41. The van der Waals surface area contributed by atoms with Crippen LogP contribution >= 0.6 is 0 Å². The van der Waals surface area contributed by atoms with Crippen LogP contribution in [0, 0.1) is 0 Å². The fourth-order valence-electron chi connectivity index (χ4n) is 2.02. The Balaban J connectivity index is 2.23. The number of anilines is 1. The van der Waals surface area contributed by atoms with Crippen LogP contribution in [0.4, 0.5) is 5.69 Å². The van der Waals surface area contributed by atoms with Gasteiger partial charge in [0, 0.05) is 5.56 Å². The molecule has 0 saturated heterocycles. The van der Waals surface area contributed by atoms with Crippen LogP contribution in [0.15, 0.2) is 24.3 Å². The van der Waals surface area contributed by atoms with Crippen molar-refractivity contribution >= 4 is 11.8 Å². The molecular formula is C11H11NO2. The standard InChI is InChI=1S/C11H11NO2/c13-10-5-4-8-2-1-3-9-11(8)12(10)6-7-14-9/h1-5,10,13H,6-7H2. The Morgan fingerprint density at radius 1 is 1.43 bits per heavy atom. The highest BCUT2D eigenvalue weighted by Crippen LogP contribution is 2.38. The van der Waals surface area contributed by atoms with Gasteiger partial charge in [-0.2, -0.15) is 0 Å². The summed E-state index contributed by atoms with van der Waals surface area (Å²) < 4.78 is 5.53. The van der Waals surface area contributed by atoms with Crippen LogP contribution in [0.2, 0.25) is 0 Å². The minimum absolute atomic E-state index is 0.507. The number of aliphatic hydroxyl groups is 1. The van der Waals surface area contributed by atoms with E-state index in [9.17, 15) is 5.11 Å². The summed E-state index contributed by atoms with van der Waals surface area (Å²) in [5.74, 6) is 0.872. The van der Waals surface area contributed by atoms with Crippen LogP contribution in [0.5, 0.6) is 5.75 Å². The molecule has 0 bridgehead atoms. The number of benzene rings is 1. The normalized spacial score (nSPS) is 22.9. The van der Waals surface area contributed by atoms with Gasteiger partial charge in [-0.25, -0.2) is 0 Å². The maximum atomic E-state index is 9.76. The predicted octanol–water partition coefficient (Wildman–Crippen LogP) is 1.23. The van der Waals surface area contributed by atoms with Crippen molar-refractivity contribution in [2.45, 2.75) is 6.23 Å². The number of rotatable bonds is 0. The zero-order valence-electron chi connectivity index (χ0n) is 7.68. The second kappa shape index (κ2) is 2.75. The van der Waals surface area contributed by atoms with Gasteiger partial charge in [0.25, 0.3) is 0 Å². The molecule has 3 heteroatoms. The largest absolute Gasteiger partial charge is 0.490 e. The second-order valence-corrected chi connectivity index (χ2v) is 3.51. The van der Waals surface area contributed by atoms with Gasteiger partial charge in [-0.05, 0) is 12.1 Å². The minimum Gasteiger partial charge on any atom is -0.490 e. The third-order valence-corrected chi connectivity index (χ3v) is 2.67. The van der Waals surface area contributed by atoms with Crippen molar-refractivity contribution in [2.75, 3.05) is 18.1 Å². The van der Waals surface area contributed by atoms with E-state index in [-0.39, 0.29) is 0 Å². The number of nitrogens with zero attached hydrogens (tertiary/aromatic N) is 1. The highest BCUT2D eigenvalue weighted by Gasteiger charge is 2.26. The van der Waals surface area contributed by atoms with E-state index in [0.29, 0.717) is 6.61 Å². The van der Waals surface area contributed by atoms with Crippen LogP contribution < -0.4 is 9.64 Å². The molecule has 1 unspecified atom stereocenters. The predicted molar refractivity (Wildman–Crippen MR) is 54.3 cm³/mol. The average Bonchev–Trinajstić information content (AvgIpc) is 2.24. The van der Waals surface area contributed by atoms with Gasteiger partial charge in [0.05, 0.1) is 12.2 Å². The quantitative estimate of drug-likeness (QED) is 0.666. The van der Waals surface area contributed by atoms with Crippen LogP contribution in [0.25, 0.3) is 6.08 Å². The smallest absolute Gasteiger partial charge is 0.146 e. The van der Waals surface area contributed by atoms with E-state index in [2.05, 4.69) is 0 Å². The van der Waals surface area contributed by atoms with Crippen molar-refractivity contribution in [1.29, 1.82) is 0 Å². The molecule has 2 aliphatic heterocycles. The Bertz CT molecular complexity index is 400. The van der Waals surface area contributed by atoms with Gasteiger partial charge in [0.2, 0.25) is 0 Å². The molecular weight excluding hydrogens is 178 g/mol. The van der Waals surface area contributed by atoms with Crippen LogP contribution in [0.1, 0.15) is 5.56 Å². The first-order valence-corrected chi connectivity index (χ1v) is 4.75. The van der Waals surface area contributed by atoms with Crippen molar-refractivity contribution in [3.8, 4) is 5.75 Å². The Morgan fingerprint density at radius 3 is 3.29 bits per heavy atom. The number of hydrogen-bond donors (Lipinski definition) is 1. The molecule has 2 aliphatic rings. The van der Waals surface area contributed by atoms with Gasteiger partial charge in [0.15, 0.2) is 0 Å². The van der Waals surface area contributed by atoms with Gasteiger partial charge >= 0.3 is 0 Å². The van der Waals surface area contributed by atoms with Crippen molar-refractivity contribution in [1.82, 2.24) is 0 Å². The lowest BCUT2D eigenvalue weighted by molar-refractivity contribution is 0.194. The highest BCUT2D eigenvalue weighted by molar-refractivity contribution is 5.77. The molecule has 1 atom stereocenters. The molecule has 0 spiro atoms. The SMILES string of the molecule is OC1C=Cc2cccc3c2N1CCO3. The molecule has 0 amide bonds. The monoisotopic (exact) mass is 189 g/mol. The molecule has 14 heavy (non-hydrogen) atoms. The molecule has 0 saturated carbocycles. The summed E-state index contributed by atoms with van der Waals surface area (Å²) in [5, 5.41) is 9.76. The van der Waals surface area contributed by atoms with Crippen molar-refractivity contribution < 1.29 is 9.84 Å². The third-order valence-electron chi connectivity index (χ3n) is 2.67. The first kappa shape index (κ1) is 7.88. The molecule has 72 valence electrons. The van der Waals surface area contributed by atoms with E-state index < -0.39 is 6.23 Å². The molecule has 3 nitrogen and oxygen atoms in total. The fourth-order valence-corrected chi connectivity index (χ4v) is 2.02. The first-order chi connectivity index (χ1) is 6.86. The zero-order valence-corrected chi connectivity index (χ0v) is 7.68. The second-order valence-electron chi connectivity index (χ2n) is 3.51. The summed E-state index contributed by atoms with van der Waals surface area (Å²) in [6.07, 6.45) is 3.24. The molecule has 0 fully saturated rings. The van der Waals surface area contributed by atoms with Crippen molar-refractivity contribution in [2.24, 2.45) is 0 Å². The van der Waals surface area contributed by atoms with Gasteiger partial charge in [0.1, 0.15) is 18.6 Å². The van der Waals surface area contributed by atoms with Gasteiger partial charge in [-0.15, -0.1) is 0 Å². The molecule has 0 aliphatic carbocycles. The summed E-state index contributed by atoms with van der Waals surface area (Å²) >= 11 is 0. The number of hydrogen-bond acceptors (Lipinski definition) is 3. The van der Waals surface area contributed by atoms with Gasteiger partial charge in [-0.3, -0.25) is 0 Å². The molecule has 1 aromatic rings. The van der Waals surface area contributed by atoms with E-state index in [1.54, 1.807) is 6.08 Å². The lowest BCUT2D eigenvalue weighted by atomic mass is 10.1. The Morgan fingerprint density at radius 2 is 2.36 bits per heavy atom. The van der Waals surface area contributed by atoms with E-state index in [1.165, 1.54) is 0 Å². The van der Waals surface area contributed by atoms with Crippen molar-refractivity contribution in [3.63, 3.8) is 0 Å². The van der Waals surface area contributed by atoms with Crippen LogP contribution in [-0.2, 0) is 0 Å². The molecule has 3 rings (SSSR count). The molecule has 1 aromatic carbocycles. The maximum Gasteiger partial charge on any atom is 0.146 e. The fraction of sp³-hybridized carbons (Fsp3) is 0.273. The van der Waals surface area contributed by atoms with Crippen LogP contribution in [0.3, 0.4) is 0 Å². The van der Waals surface area contributed by atoms with E-state index in [1.807, 2.05) is 29.2 Å². The Kier molecular flexibility index (Phi) is 1.55. The van der Waals surface area contributed by atoms with Gasteiger partial charge < -0.3 is 14.7 Å². The maximum absolute atomic E-state index is 9.76. The molecule has 1 N–H and O–H groups in total. The summed E-state index contributed by atoms with van der Waals surface area (Å²) in [5.41, 5.74) is 2.14. The highest BCUT2D eigenvalue weighted by atomic mass is 16.5. The number of ether oxygens (including phenoxy) is 1. The Labute approximate surface area is 82.2 Å². The van der Waals surface area contributed by atoms with E-state index in [0.717, 1.165) is 23.5 Å². The average molecular weight is 189 g/mol. The summed E-state index contributed by atoms with van der Waals surface area (Å²) in [6.45, 7) is 1.39. The summed E-state index contributed by atoms with van der Waals surface area (Å²) in [7, 11) is 0. The molecule has 2 heterocycles. The number of aliphatic hydroxyl groups excluding tert-OH is 1. The summed E-state index contributed by atoms with van der Waals surface area (Å²) in [4.78, 5) is 1.97. The first-order valence-electron chi connectivity index (χ1n) is 4.75. The van der Waals surface area contributed by atoms with E-state index >= 15 is 0 Å². The van der Waals surface area contributed by atoms with Crippen LogP contribution in [-0.4, -0.2) is 24.5 Å². The Hall–Kier alpha value is -1.48. The number of para-hydroxylation sites is 1. The van der Waals surface area contributed by atoms with E-state index in [4.69, 9.17) is 4.74 Å². The molecule has 0 aromatic heterocycles. The minimum atomic E-state index is -0.507. The molecule has 0 radical (unpaired) electrons.